The van der Waals surface area contributed by atoms with E-state index in [4.69, 9.17) is 10.5 Å². The number of carbonyl (C=O) groups excluding carboxylic acids is 1. The summed E-state index contributed by atoms with van der Waals surface area (Å²) in [4.78, 5) is 12.1. The SMILES string of the molecule is NCC1CCCC1C(=O)OC1CCCCCC1. The topological polar surface area (TPSA) is 52.3 Å². The Morgan fingerprint density at radius 2 is 1.71 bits per heavy atom. The first-order valence-electron chi connectivity index (χ1n) is 7.22. The first-order valence-corrected chi connectivity index (χ1v) is 7.22. The molecule has 0 bridgehead atoms. The molecule has 2 rings (SSSR count). The summed E-state index contributed by atoms with van der Waals surface area (Å²) in [6.07, 6.45) is 10.5. The van der Waals surface area contributed by atoms with Crippen LogP contribution in [0, 0.1) is 11.8 Å². The van der Waals surface area contributed by atoms with Gasteiger partial charge in [0.1, 0.15) is 6.10 Å². The fourth-order valence-electron chi connectivity index (χ4n) is 3.24. The van der Waals surface area contributed by atoms with Gasteiger partial charge >= 0.3 is 5.97 Å². The highest BCUT2D eigenvalue weighted by molar-refractivity contribution is 5.73. The lowest BCUT2D eigenvalue weighted by Gasteiger charge is -2.21. The van der Waals surface area contributed by atoms with Crippen molar-refractivity contribution in [1.82, 2.24) is 0 Å². The van der Waals surface area contributed by atoms with E-state index in [0.717, 1.165) is 32.1 Å². The number of hydrogen-bond acceptors (Lipinski definition) is 3. The van der Waals surface area contributed by atoms with Crippen molar-refractivity contribution in [2.75, 3.05) is 6.54 Å². The number of hydrogen-bond donors (Lipinski definition) is 1. The molecule has 17 heavy (non-hydrogen) atoms. The van der Waals surface area contributed by atoms with E-state index in [9.17, 15) is 4.79 Å². The Morgan fingerprint density at radius 1 is 1.00 bits per heavy atom. The van der Waals surface area contributed by atoms with Crippen LogP contribution in [0.3, 0.4) is 0 Å². The smallest absolute Gasteiger partial charge is 0.309 e. The van der Waals surface area contributed by atoms with E-state index in [-0.39, 0.29) is 18.0 Å². The van der Waals surface area contributed by atoms with Gasteiger partial charge in [0.2, 0.25) is 0 Å². The number of nitrogens with two attached hydrogens (primary N) is 1. The van der Waals surface area contributed by atoms with Crippen molar-refractivity contribution in [3.8, 4) is 0 Å². The van der Waals surface area contributed by atoms with Gasteiger partial charge in [-0.05, 0) is 51.0 Å². The molecule has 2 aliphatic rings. The van der Waals surface area contributed by atoms with E-state index >= 15 is 0 Å². The Hall–Kier alpha value is -0.570. The van der Waals surface area contributed by atoms with Gasteiger partial charge in [0, 0.05) is 0 Å². The molecule has 2 fully saturated rings. The highest BCUT2D eigenvalue weighted by atomic mass is 16.5. The van der Waals surface area contributed by atoms with Crippen LogP contribution >= 0.6 is 0 Å². The van der Waals surface area contributed by atoms with Crippen molar-refractivity contribution in [3.63, 3.8) is 0 Å². The number of esters is 1. The van der Waals surface area contributed by atoms with Crippen LogP contribution in [-0.4, -0.2) is 18.6 Å². The average Bonchev–Trinajstić information content (AvgIpc) is 2.68. The Labute approximate surface area is 104 Å². The molecule has 2 unspecified atom stereocenters. The van der Waals surface area contributed by atoms with Gasteiger partial charge in [-0.15, -0.1) is 0 Å². The van der Waals surface area contributed by atoms with Crippen LogP contribution in [0.2, 0.25) is 0 Å². The second-order valence-corrected chi connectivity index (χ2v) is 5.58. The lowest BCUT2D eigenvalue weighted by atomic mass is 9.96. The monoisotopic (exact) mass is 239 g/mol. The first-order chi connectivity index (χ1) is 8.31. The molecule has 0 spiro atoms. The van der Waals surface area contributed by atoms with Gasteiger partial charge in [-0.25, -0.2) is 0 Å². The lowest BCUT2D eigenvalue weighted by Crippen LogP contribution is -2.29. The zero-order chi connectivity index (χ0) is 12.1. The van der Waals surface area contributed by atoms with Crippen molar-refractivity contribution in [2.24, 2.45) is 17.6 Å². The van der Waals surface area contributed by atoms with E-state index in [0.29, 0.717) is 12.5 Å². The van der Waals surface area contributed by atoms with E-state index in [1.54, 1.807) is 0 Å². The molecule has 2 atom stereocenters. The van der Waals surface area contributed by atoms with Gasteiger partial charge in [-0.1, -0.05) is 19.3 Å². The van der Waals surface area contributed by atoms with Crippen LogP contribution < -0.4 is 5.73 Å². The van der Waals surface area contributed by atoms with Crippen LogP contribution in [0.4, 0.5) is 0 Å². The largest absolute Gasteiger partial charge is 0.462 e. The zero-order valence-electron chi connectivity index (χ0n) is 10.7. The second kappa shape index (κ2) is 6.39. The van der Waals surface area contributed by atoms with Crippen molar-refractivity contribution in [3.05, 3.63) is 0 Å². The summed E-state index contributed by atoms with van der Waals surface area (Å²) in [5.74, 6) is 0.487. The maximum atomic E-state index is 12.1. The maximum Gasteiger partial charge on any atom is 0.309 e. The standard InChI is InChI=1S/C14H25NO2/c15-10-11-6-5-9-13(11)14(16)17-12-7-3-1-2-4-8-12/h11-13H,1-10,15H2. The molecule has 0 aromatic rings. The second-order valence-electron chi connectivity index (χ2n) is 5.58. The summed E-state index contributed by atoms with van der Waals surface area (Å²) in [5.41, 5.74) is 5.71. The zero-order valence-corrected chi connectivity index (χ0v) is 10.7. The quantitative estimate of drug-likeness (QED) is 0.608. The first kappa shape index (κ1) is 12.9. The normalized spacial score (nSPS) is 31.1. The Balaban J connectivity index is 1.82. The van der Waals surface area contributed by atoms with Gasteiger partial charge in [-0.3, -0.25) is 4.79 Å². The molecule has 0 amide bonds. The number of carbonyl (C=O) groups is 1. The molecule has 98 valence electrons. The number of ether oxygens (including phenoxy) is 1. The molecule has 0 radical (unpaired) electrons. The molecule has 3 heteroatoms. The van der Waals surface area contributed by atoms with E-state index in [1.807, 2.05) is 0 Å². The average molecular weight is 239 g/mol. The molecule has 2 N–H and O–H groups in total. The van der Waals surface area contributed by atoms with Crippen LogP contribution in [0.5, 0.6) is 0 Å². The number of rotatable bonds is 3. The molecule has 2 aliphatic carbocycles. The molecule has 0 aromatic heterocycles. The van der Waals surface area contributed by atoms with Gasteiger partial charge in [0.05, 0.1) is 5.92 Å². The summed E-state index contributed by atoms with van der Waals surface area (Å²) in [7, 11) is 0. The van der Waals surface area contributed by atoms with Crippen molar-refractivity contribution >= 4 is 5.97 Å². The Morgan fingerprint density at radius 3 is 2.35 bits per heavy atom. The third-order valence-corrected chi connectivity index (χ3v) is 4.35. The van der Waals surface area contributed by atoms with E-state index in [2.05, 4.69) is 0 Å². The van der Waals surface area contributed by atoms with E-state index < -0.39 is 0 Å². The van der Waals surface area contributed by atoms with Gasteiger partial charge in [0.15, 0.2) is 0 Å². The van der Waals surface area contributed by atoms with Crippen molar-refractivity contribution in [2.45, 2.75) is 63.9 Å². The summed E-state index contributed by atoms with van der Waals surface area (Å²) in [6.45, 7) is 0.629. The highest BCUT2D eigenvalue weighted by Gasteiger charge is 2.34. The fraction of sp³-hybridized carbons (Fsp3) is 0.929. The minimum atomic E-state index is 0.0323. The van der Waals surface area contributed by atoms with Gasteiger partial charge < -0.3 is 10.5 Å². The summed E-state index contributed by atoms with van der Waals surface area (Å²) in [5, 5.41) is 0. The molecular weight excluding hydrogens is 214 g/mol. The van der Waals surface area contributed by atoms with Gasteiger partial charge in [0.25, 0.3) is 0 Å². The molecule has 0 saturated heterocycles. The Kier molecular flexibility index (Phi) is 4.84. The third-order valence-electron chi connectivity index (χ3n) is 4.35. The molecule has 0 heterocycles. The van der Waals surface area contributed by atoms with E-state index in [1.165, 1.54) is 25.7 Å². The van der Waals surface area contributed by atoms with Crippen LogP contribution in [-0.2, 0) is 9.53 Å². The predicted octanol–water partition coefficient (Wildman–Crippen LogP) is 2.63. The third kappa shape index (κ3) is 3.44. The highest BCUT2D eigenvalue weighted by Crippen LogP contribution is 2.33. The molecule has 2 saturated carbocycles. The van der Waals surface area contributed by atoms with Crippen LogP contribution in [0.25, 0.3) is 0 Å². The Bertz CT molecular complexity index is 247. The van der Waals surface area contributed by atoms with Crippen LogP contribution in [0.15, 0.2) is 0 Å². The molecule has 0 aliphatic heterocycles. The van der Waals surface area contributed by atoms with Gasteiger partial charge in [-0.2, -0.15) is 0 Å². The summed E-state index contributed by atoms with van der Waals surface area (Å²) < 4.78 is 5.69. The molecular formula is C14H25NO2. The summed E-state index contributed by atoms with van der Waals surface area (Å²) in [6, 6.07) is 0. The minimum Gasteiger partial charge on any atom is -0.462 e. The molecule has 0 aromatic carbocycles. The lowest BCUT2D eigenvalue weighted by molar-refractivity contribution is -0.155. The summed E-state index contributed by atoms with van der Waals surface area (Å²) >= 11 is 0. The predicted molar refractivity (Wildman–Crippen MR) is 67.5 cm³/mol. The molecule has 3 nitrogen and oxygen atoms in total. The van der Waals surface area contributed by atoms with Crippen molar-refractivity contribution in [1.29, 1.82) is 0 Å². The fourth-order valence-corrected chi connectivity index (χ4v) is 3.24. The maximum absolute atomic E-state index is 12.1. The minimum absolute atomic E-state index is 0.0323. The van der Waals surface area contributed by atoms with Crippen molar-refractivity contribution < 1.29 is 9.53 Å². The van der Waals surface area contributed by atoms with Crippen LogP contribution in [0.1, 0.15) is 57.8 Å².